The monoisotopic (exact) mass is 406 g/mol. The zero-order chi connectivity index (χ0) is 21.1. The molecule has 2 aromatic rings. The Labute approximate surface area is 164 Å². The fourth-order valence-electron chi connectivity index (χ4n) is 2.21. The predicted molar refractivity (Wildman–Crippen MR) is 106 cm³/mol. The zero-order valence-corrected chi connectivity index (χ0v) is 16.9. The van der Waals surface area contributed by atoms with Crippen molar-refractivity contribution in [2.75, 3.05) is 10.6 Å². The van der Waals surface area contributed by atoms with Crippen LogP contribution in [0, 0.1) is 11.2 Å². The van der Waals surface area contributed by atoms with Crippen LogP contribution in [-0.2, 0) is 19.4 Å². The average Bonchev–Trinajstić information content (AvgIpc) is 2.60. The van der Waals surface area contributed by atoms with Crippen LogP contribution in [0.3, 0.4) is 0 Å². The van der Waals surface area contributed by atoms with E-state index in [0.29, 0.717) is 11.4 Å². The lowest BCUT2D eigenvalue weighted by atomic mass is 9.95. The molecule has 0 saturated heterocycles. The van der Waals surface area contributed by atoms with E-state index in [0.717, 1.165) is 24.3 Å². The van der Waals surface area contributed by atoms with Crippen LogP contribution in [0.15, 0.2) is 53.4 Å². The molecule has 2 N–H and O–H groups in total. The molecule has 1 atom stereocenters. The molecule has 0 aliphatic heterocycles. The maximum atomic E-state index is 13.0. The van der Waals surface area contributed by atoms with Crippen molar-refractivity contribution in [1.29, 1.82) is 0 Å². The van der Waals surface area contributed by atoms with E-state index < -0.39 is 32.2 Å². The highest BCUT2D eigenvalue weighted by molar-refractivity contribution is 7.92. The van der Waals surface area contributed by atoms with Crippen LogP contribution in [0.5, 0.6) is 0 Å². The minimum atomic E-state index is -3.97. The van der Waals surface area contributed by atoms with E-state index in [2.05, 4.69) is 10.6 Å². The molecule has 0 bridgehead atoms. The fourth-order valence-corrected chi connectivity index (χ4v) is 3.47. The first-order valence-electron chi connectivity index (χ1n) is 8.63. The van der Waals surface area contributed by atoms with Crippen molar-refractivity contribution in [3.05, 3.63) is 54.3 Å². The number of hydrogen-bond donors (Lipinski definition) is 2. The van der Waals surface area contributed by atoms with Gasteiger partial charge in [0.25, 0.3) is 0 Å². The number of amides is 2. The number of sulfone groups is 1. The van der Waals surface area contributed by atoms with E-state index in [-0.39, 0.29) is 10.8 Å². The van der Waals surface area contributed by atoms with Crippen molar-refractivity contribution in [2.45, 2.75) is 37.8 Å². The van der Waals surface area contributed by atoms with Gasteiger partial charge in [-0.05, 0) is 49.4 Å². The predicted octanol–water partition coefficient (Wildman–Crippen LogP) is 3.61. The van der Waals surface area contributed by atoms with Gasteiger partial charge in [-0.3, -0.25) is 9.59 Å². The van der Waals surface area contributed by atoms with Gasteiger partial charge in [0, 0.05) is 16.8 Å². The molecule has 0 spiro atoms. The van der Waals surface area contributed by atoms with Gasteiger partial charge in [0.15, 0.2) is 9.84 Å². The second kappa shape index (κ2) is 8.10. The van der Waals surface area contributed by atoms with E-state index in [1.54, 1.807) is 45.0 Å². The molecule has 2 amide bonds. The van der Waals surface area contributed by atoms with Gasteiger partial charge in [-0.1, -0.05) is 26.8 Å². The Hall–Kier alpha value is -2.74. The van der Waals surface area contributed by atoms with Crippen molar-refractivity contribution in [3.63, 3.8) is 0 Å². The Morgan fingerprint density at radius 3 is 2.04 bits per heavy atom. The largest absolute Gasteiger partial charge is 0.326 e. The number of carbonyl (C=O) groups is 2. The summed E-state index contributed by atoms with van der Waals surface area (Å²) in [6, 6.07) is 10.7. The number of benzene rings is 2. The van der Waals surface area contributed by atoms with Gasteiger partial charge in [0.2, 0.25) is 11.8 Å². The van der Waals surface area contributed by atoms with Gasteiger partial charge in [-0.2, -0.15) is 0 Å². The highest BCUT2D eigenvalue weighted by Gasteiger charge is 2.30. The highest BCUT2D eigenvalue weighted by atomic mass is 32.2. The second-order valence-electron chi connectivity index (χ2n) is 7.42. The van der Waals surface area contributed by atoms with Gasteiger partial charge in [0.05, 0.1) is 4.90 Å². The molecule has 0 aliphatic rings. The second-order valence-corrected chi connectivity index (χ2v) is 9.68. The number of halogens is 1. The van der Waals surface area contributed by atoms with Crippen LogP contribution in [0.4, 0.5) is 15.8 Å². The van der Waals surface area contributed by atoms with Gasteiger partial charge in [0.1, 0.15) is 11.1 Å². The first-order chi connectivity index (χ1) is 12.9. The van der Waals surface area contributed by atoms with Crippen molar-refractivity contribution < 1.29 is 22.4 Å². The zero-order valence-electron chi connectivity index (χ0n) is 16.1. The molecule has 1 unspecified atom stereocenters. The van der Waals surface area contributed by atoms with Crippen LogP contribution in [0.25, 0.3) is 0 Å². The third-order valence-electron chi connectivity index (χ3n) is 4.05. The normalized spacial score (nSPS) is 12.9. The Balaban J connectivity index is 2.15. The Morgan fingerprint density at radius 1 is 0.964 bits per heavy atom. The van der Waals surface area contributed by atoms with E-state index in [9.17, 15) is 22.4 Å². The quantitative estimate of drug-likeness (QED) is 0.742. The standard InChI is InChI=1S/C20H23FN2O4S/c1-13(28(26,27)17-10-8-14(21)9-11-17)18(24)22-15-6-5-7-16(12-15)23-19(25)20(2,3)4/h5-13H,1-4H3,(H,22,24)(H,23,25). The first-order valence-corrected chi connectivity index (χ1v) is 10.2. The molecule has 8 heteroatoms. The Kier molecular flexibility index (Phi) is 6.23. The molecule has 0 fully saturated rings. The van der Waals surface area contributed by atoms with Crippen molar-refractivity contribution in [3.8, 4) is 0 Å². The Morgan fingerprint density at radius 2 is 1.50 bits per heavy atom. The van der Waals surface area contributed by atoms with Gasteiger partial charge in [-0.15, -0.1) is 0 Å². The molecular weight excluding hydrogens is 383 g/mol. The summed E-state index contributed by atoms with van der Waals surface area (Å²) in [5.41, 5.74) is 0.237. The highest BCUT2D eigenvalue weighted by Crippen LogP contribution is 2.22. The van der Waals surface area contributed by atoms with Crippen LogP contribution in [-0.4, -0.2) is 25.5 Å². The van der Waals surface area contributed by atoms with Crippen LogP contribution < -0.4 is 10.6 Å². The molecule has 0 aliphatic carbocycles. The molecule has 0 radical (unpaired) electrons. The number of carbonyl (C=O) groups excluding carboxylic acids is 2. The summed E-state index contributed by atoms with van der Waals surface area (Å²) in [6.45, 7) is 6.58. The molecule has 28 heavy (non-hydrogen) atoms. The topological polar surface area (TPSA) is 92.3 Å². The molecule has 150 valence electrons. The van der Waals surface area contributed by atoms with Crippen molar-refractivity contribution in [2.24, 2.45) is 5.41 Å². The minimum absolute atomic E-state index is 0.136. The first kappa shape index (κ1) is 21.6. The summed E-state index contributed by atoms with van der Waals surface area (Å²) in [6.07, 6.45) is 0. The van der Waals surface area contributed by atoms with Crippen molar-refractivity contribution >= 4 is 33.0 Å². The summed E-state index contributed by atoms with van der Waals surface area (Å²) in [5, 5.41) is 3.90. The smallest absolute Gasteiger partial charge is 0.242 e. The summed E-state index contributed by atoms with van der Waals surface area (Å²) in [7, 11) is -3.97. The summed E-state index contributed by atoms with van der Waals surface area (Å²) < 4.78 is 38.1. The van der Waals surface area contributed by atoms with Crippen LogP contribution >= 0.6 is 0 Å². The van der Waals surface area contributed by atoms with E-state index in [1.165, 1.54) is 6.92 Å². The van der Waals surface area contributed by atoms with Gasteiger partial charge >= 0.3 is 0 Å². The van der Waals surface area contributed by atoms with Crippen molar-refractivity contribution in [1.82, 2.24) is 0 Å². The van der Waals surface area contributed by atoms with Crippen LogP contribution in [0.2, 0.25) is 0 Å². The molecule has 6 nitrogen and oxygen atoms in total. The molecule has 0 saturated carbocycles. The van der Waals surface area contributed by atoms with Gasteiger partial charge < -0.3 is 10.6 Å². The number of rotatable bonds is 5. The van der Waals surface area contributed by atoms with Crippen LogP contribution in [0.1, 0.15) is 27.7 Å². The lowest BCUT2D eigenvalue weighted by Gasteiger charge is -2.18. The van der Waals surface area contributed by atoms with E-state index in [1.807, 2.05) is 0 Å². The lowest BCUT2D eigenvalue weighted by molar-refractivity contribution is -0.123. The molecular formula is C20H23FN2O4S. The molecule has 2 rings (SSSR count). The number of anilines is 2. The van der Waals surface area contributed by atoms with Gasteiger partial charge in [-0.25, -0.2) is 12.8 Å². The molecule has 0 aromatic heterocycles. The third kappa shape index (κ3) is 5.16. The summed E-state index contributed by atoms with van der Waals surface area (Å²) in [5.74, 6) is -1.49. The lowest BCUT2D eigenvalue weighted by Crippen LogP contribution is -2.32. The maximum Gasteiger partial charge on any atom is 0.242 e. The Bertz CT molecular complexity index is 980. The molecule has 2 aromatic carbocycles. The SMILES string of the molecule is CC(C(=O)Nc1cccc(NC(=O)C(C)(C)C)c1)S(=O)(=O)c1ccc(F)cc1. The fraction of sp³-hybridized carbons (Fsp3) is 0.300. The summed E-state index contributed by atoms with van der Waals surface area (Å²) in [4.78, 5) is 24.4. The summed E-state index contributed by atoms with van der Waals surface area (Å²) >= 11 is 0. The van der Waals surface area contributed by atoms with E-state index in [4.69, 9.17) is 0 Å². The number of hydrogen-bond acceptors (Lipinski definition) is 4. The van der Waals surface area contributed by atoms with E-state index >= 15 is 0 Å². The average molecular weight is 406 g/mol. The minimum Gasteiger partial charge on any atom is -0.326 e. The number of nitrogens with one attached hydrogen (secondary N) is 2. The maximum absolute atomic E-state index is 13.0. The third-order valence-corrected chi connectivity index (χ3v) is 6.12. The molecule has 0 heterocycles.